The number of hydrogen-bond acceptors (Lipinski definition) is 5. The third-order valence-electron chi connectivity index (χ3n) is 4.94. The topological polar surface area (TPSA) is 105 Å². The highest BCUT2D eigenvalue weighted by Gasteiger charge is 2.36. The molecule has 1 aliphatic heterocycles. The molecule has 0 aromatic heterocycles. The Balaban J connectivity index is 2.15. The first-order valence-corrected chi connectivity index (χ1v) is 11.0. The summed E-state index contributed by atoms with van der Waals surface area (Å²) in [7, 11) is 0. The lowest BCUT2D eigenvalue weighted by Gasteiger charge is -2.28. The van der Waals surface area contributed by atoms with Gasteiger partial charge in [0.05, 0.1) is 5.69 Å². The van der Waals surface area contributed by atoms with Crippen LogP contribution in [-0.2, 0) is 30.6 Å². The van der Waals surface area contributed by atoms with Crippen LogP contribution in [-0.4, -0.2) is 41.3 Å². The molecule has 0 fully saturated rings. The average molecular weight is 448 g/mol. The van der Waals surface area contributed by atoms with Crippen LogP contribution in [0.15, 0.2) is 18.2 Å². The van der Waals surface area contributed by atoms with E-state index in [1.54, 1.807) is 58.6 Å². The van der Waals surface area contributed by atoms with Gasteiger partial charge in [-0.05, 0) is 72.9 Å². The molecular formula is C24H35N2O6. The molecule has 0 aliphatic carbocycles. The SMILES string of the molecule is CCC1Cc2c([O])cccc2N1C(=O)CC[C@H](NC(=O)OC(C)(C)C)C(=O)OC(C)(C)C. The zero-order valence-electron chi connectivity index (χ0n) is 20.1. The van der Waals surface area contributed by atoms with Crippen molar-refractivity contribution >= 4 is 23.7 Å². The third kappa shape index (κ3) is 6.87. The molecule has 0 spiro atoms. The van der Waals surface area contributed by atoms with E-state index < -0.39 is 29.3 Å². The maximum absolute atomic E-state index is 13.1. The van der Waals surface area contributed by atoms with E-state index in [-0.39, 0.29) is 30.5 Å². The van der Waals surface area contributed by atoms with Crippen LogP contribution in [0.5, 0.6) is 5.75 Å². The van der Waals surface area contributed by atoms with Gasteiger partial charge in [0.1, 0.15) is 17.2 Å². The van der Waals surface area contributed by atoms with E-state index in [0.29, 0.717) is 24.1 Å². The molecule has 8 nitrogen and oxygen atoms in total. The van der Waals surface area contributed by atoms with Crippen molar-refractivity contribution in [3.63, 3.8) is 0 Å². The van der Waals surface area contributed by atoms with Gasteiger partial charge in [-0.25, -0.2) is 9.59 Å². The van der Waals surface area contributed by atoms with Crippen LogP contribution in [0.4, 0.5) is 10.5 Å². The third-order valence-corrected chi connectivity index (χ3v) is 4.94. The average Bonchev–Trinajstić information content (AvgIpc) is 3.02. The molecule has 2 rings (SSSR count). The lowest BCUT2D eigenvalue weighted by molar-refractivity contribution is -0.157. The molecule has 2 atom stereocenters. The fourth-order valence-corrected chi connectivity index (χ4v) is 3.63. The zero-order valence-corrected chi connectivity index (χ0v) is 20.1. The number of rotatable bonds is 6. The van der Waals surface area contributed by atoms with Gasteiger partial charge in [0.15, 0.2) is 5.75 Å². The molecule has 0 saturated carbocycles. The summed E-state index contributed by atoms with van der Waals surface area (Å²) < 4.78 is 10.7. The largest absolute Gasteiger partial charge is 0.458 e. The molecule has 1 aromatic rings. The number of nitrogens with one attached hydrogen (secondary N) is 1. The number of anilines is 1. The number of alkyl carbamates (subject to hydrolysis) is 1. The van der Waals surface area contributed by atoms with Gasteiger partial charge < -0.3 is 19.7 Å². The Morgan fingerprint density at radius 3 is 2.28 bits per heavy atom. The standard InChI is InChI=1S/C24H35N2O6/c1-8-15-14-16-18(10-9-11-19(16)27)26(15)20(28)13-12-17(21(29)31-23(2,3)4)25-22(30)32-24(5,6)7/h9-11,15,17H,8,12-14H2,1-7H3,(H,25,30)/t15?,17-/m0/s1. The fourth-order valence-electron chi connectivity index (χ4n) is 3.63. The molecule has 177 valence electrons. The van der Waals surface area contributed by atoms with E-state index >= 15 is 0 Å². The highest BCUT2D eigenvalue weighted by atomic mass is 16.6. The van der Waals surface area contributed by atoms with Gasteiger partial charge in [0, 0.05) is 18.0 Å². The molecule has 32 heavy (non-hydrogen) atoms. The lowest BCUT2D eigenvalue weighted by atomic mass is 10.1. The van der Waals surface area contributed by atoms with Gasteiger partial charge in [0.25, 0.3) is 0 Å². The molecule has 0 bridgehead atoms. The Hall–Kier alpha value is -2.77. The van der Waals surface area contributed by atoms with Gasteiger partial charge in [0.2, 0.25) is 5.91 Å². The number of amides is 2. The smallest absolute Gasteiger partial charge is 0.408 e. The van der Waals surface area contributed by atoms with Crippen LogP contribution in [0, 0.1) is 0 Å². The molecule has 2 amide bonds. The van der Waals surface area contributed by atoms with Crippen molar-refractivity contribution in [2.24, 2.45) is 0 Å². The van der Waals surface area contributed by atoms with Crippen LogP contribution in [0.2, 0.25) is 0 Å². The highest BCUT2D eigenvalue weighted by molar-refractivity contribution is 5.97. The summed E-state index contributed by atoms with van der Waals surface area (Å²) in [5.41, 5.74) is -0.213. The second-order valence-corrected chi connectivity index (χ2v) is 10.1. The summed E-state index contributed by atoms with van der Waals surface area (Å²) in [6, 6.07) is 3.78. The molecule has 1 unspecified atom stereocenters. The molecule has 0 saturated heterocycles. The maximum atomic E-state index is 13.1. The van der Waals surface area contributed by atoms with Crippen molar-refractivity contribution in [2.75, 3.05) is 4.90 Å². The Bertz CT molecular complexity index is 853. The van der Waals surface area contributed by atoms with Crippen molar-refractivity contribution < 1.29 is 29.0 Å². The Kier molecular flexibility index (Phi) is 7.80. The lowest BCUT2D eigenvalue weighted by Crippen LogP contribution is -2.47. The van der Waals surface area contributed by atoms with Gasteiger partial charge in [-0.2, -0.15) is 0 Å². The summed E-state index contributed by atoms with van der Waals surface area (Å²) in [4.78, 5) is 39.8. The van der Waals surface area contributed by atoms with Crippen LogP contribution < -0.4 is 10.2 Å². The molecule has 1 radical (unpaired) electrons. The minimum absolute atomic E-state index is 0.00126. The molecule has 1 N–H and O–H groups in total. The summed E-state index contributed by atoms with van der Waals surface area (Å²) in [6.07, 6.45) is 0.509. The number of fused-ring (bicyclic) bond motifs is 1. The van der Waals surface area contributed by atoms with Crippen molar-refractivity contribution in [3.8, 4) is 5.75 Å². The van der Waals surface area contributed by atoms with Gasteiger partial charge in [-0.1, -0.05) is 13.0 Å². The molecule has 1 aromatic carbocycles. The van der Waals surface area contributed by atoms with Crippen molar-refractivity contribution in [1.82, 2.24) is 5.32 Å². The first-order valence-electron chi connectivity index (χ1n) is 11.0. The van der Waals surface area contributed by atoms with E-state index in [9.17, 15) is 19.5 Å². The van der Waals surface area contributed by atoms with E-state index in [4.69, 9.17) is 9.47 Å². The van der Waals surface area contributed by atoms with Crippen molar-refractivity contribution in [3.05, 3.63) is 23.8 Å². The minimum Gasteiger partial charge on any atom is -0.458 e. The van der Waals surface area contributed by atoms with Crippen molar-refractivity contribution in [1.29, 1.82) is 0 Å². The van der Waals surface area contributed by atoms with Crippen LogP contribution in [0.3, 0.4) is 0 Å². The van der Waals surface area contributed by atoms with Gasteiger partial charge in [-0.3, -0.25) is 9.90 Å². The highest BCUT2D eigenvalue weighted by Crippen LogP contribution is 2.39. The van der Waals surface area contributed by atoms with Crippen LogP contribution >= 0.6 is 0 Å². The van der Waals surface area contributed by atoms with E-state index in [0.717, 1.165) is 0 Å². The second-order valence-electron chi connectivity index (χ2n) is 10.1. The quantitative estimate of drug-likeness (QED) is 0.646. The maximum Gasteiger partial charge on any atom is 0.408 e. The summed E-state index contributed by atoms with van der Waals surface area (Å²) in [6.45, 7) is 12.3. The molecule has 1 aliphatic rings. The first kappa shape index (κ1) is 25.5. The van der Waals surface area contributed by atoms with E-state index in [2.05, 4.69) is 5.32 Å². The van der Waals surface area contributed by atoms with E-state index in [1.165, 1.54) is 6.07 Å². The zero-order chi connectivity index (χ0) is 24.3. The number of ether oxygens (including phenoxy) is 2. The van der Waals surface area contributed by atoms with Crippen LogP contribution in [0.25, 0.3) is 0 Å². The summed E-state index contributed by atoms with van der Waals surface area (Å²) in [5, 5.41) is 14.7. The number of carbonyl (C=O) groups excluding carboxylic acids is 3. The predicted octanol–water partition coefficient (Wildman–Crippen LogP) is 4.51. The Morgan fingerprint density at radius 1 is 1.09 bits per heavy atom. The number of nitrogens with zero attached hydrogens (tertiary/aromatic N) is 1. The monoisotopic (exact) mass is 447 g/mol. The fraction of sp³-hybridized carbons (Fsp3) is 0.625. The number of hydrogen-bond donors (Lipinski definition) is 1. The minimum atomic E-state index is -1.04. The second kappa shape index (κ2) is 9.79. The number of carbonyl (C=O) groups is 3. The Morgan fingerprint density at radius 2 is 1.72 bits per heavy atom. The van der Waals surface area contributed by atoms with Gasteiger partial charge >= 0.3 is 12.1 Å². The Labute approximate surface area is 190 Å². The number of esters is 1. The predicted molar refractivity (Wildman–Crippen MR) is 120 cm³/mol. The van der Waals surface area contributed by atoms with Crippen LogP contribution in [0.1, 0.15) is 73.3 Å². The molecule has 8 heteroatoms. The first-order chi connectivity index (χ1) is 14.7. The van der Waals surface area contributed by atoms with Gasteiger partial charge in [-0.15, -0.1) is 0 Å². The number of benzene rings is 1. The summed E-state index contributed by atoms with van der Waals surface area (Å²) >= 11 is 0. The van der Waals surface area contributed by atoms with E-state index in [1.807, 2.05) is 6.92 Å². The normalized spacial score (nSPS) is 16.8. The molecule has 1 heterocycles. The summed E-state index contributed by atoms with van der Waals surface area (Å²) in [5.74, 6) is -0.915. The van der Waals surface area contributed by atoms with Crippen molar-refractivity contribution in [2.45, 2.75) is 97.4 Å². The molecular weight excluding hydrogens is 412 g/mol.